The van der Waals surface area contributed by atoms with Gasteiger partial charge in [-0.05, 0) is 39.2 Å². The van der Waals surface area contributed by atoms with Gasteiger partial charge in [-0.2, -0.15) is 0 Å². The molecule has 1 aromatic heterocycles. The van der Waals surface area contributed by atoms with Crippen LogP contribution >= 0.6 is 0 Å². The summed E-state index contributed by atoms with van der Waals surface area (Å²) in [6.07, 6.45) is 5.71. The maximum Gasteiger partial charge on any atom is 0.313 e. The fraction of sp³-hybridized carbons (Fsp3) is 0.667. The highest BCUT2D eigenvalue weighted by Gasteiger charge is 2.42. The van der Waals surface area contributed by atoms with Crippen molar-refractivity contribution in [2.24, 2.45) is 5.41 Å². The van der Waals surface area contributed by atoms with Crippen LogP contribution in [0.5, 0.6) is 0 Å². The lowest BCUT2D eigenvalue weighted by Crippen LogP contribution is -2.37. The fourth-order valence-electron chi connectivity index (χ4n) is 2.65. The molecular weight excluding hydrogens is 254 g/mol. The summed E-state index contributed by atoms with van der Waals surface area (Å²) >= 11 is 0. The molecule has 110 valence electrons. The Morgan fingerprint density at radius 2 is 2.10 bits per heavy atom. The molecule has 1 N–H and O–H groups in total. The Balaban J connectivity index is 2.05. The van der Waals surface area contributed by atoms with Crippen LogP contribution in [-0.4, -0.2) is 29.1 Å². The zero-order valence-corrected chi connectivity index (χ0v) is 12.5. The molecule has 1 heterocycles. The van der Waals surface area contributed by atoms with Gasteiger partial charge in [0.2, 0.25) is 5.95 Å². The van der Waals surface area contributed by atoms with E-state index in [0.717, 1.165) is 36.9 Å². The van der Waals surface area contributed by atoms with Gasteiger partial charge in [0, 0.05) is 18.4 Å². The molecule has 0 unspecified atom stereocenters. The highest BCUT2D eigenvalue weighted by Crippen LogP contribution is 2.39. The van der Waals surface area contributed by atoms with Gasteiger partial charge in [0.05, 0.1) is 12.0 Å². The number of carbonyl (C=O) groups is 1. The first-order chi connectivity index (χ1) is 9.57. The monoisotopic (exact) mass is 277 g/mol. The number of aryl methyl sites for hydroxylation is 2. The van der Waals surface area contributed by atoms with Crippen molar-refractivity contribution >= 4 is 11.9 Å². The molecule has 1 aromatic rings. The second kappa shape index (κ2) is 6.20. The van der Waals surface area contributed by atoms with Crippen molar-refractivity contribution in [1.82, 2.24) is 9.97 Å². The molecule has 1 aliphatic carbocycles. The number of hydrogen-bond donors (Lipinski definition) is 1. The van der Waals surface area contributed by atoms with Crippen LogP contribution in [0.4, 0.5) is 5.95 Å². The van der Waals surface area contributed by atoms with Gasteiger partial charge in [-0.3, -0.25) is 4.79 Å². The predicted octanol–water partition coefficient (Wildman–Crippen LogP) is 2.63. The van der Waals surface area contributed by atoms with Crippen molar-refractivity contribution in [2.45, 2.75) is 46.5 Å². The minimum atomic E-state index is -0.405. The Labute approximate surface area is 120 Å². The Kier molecular flexibility index (Phi) is 4.57. The summed E-state index contributed by atoms with van der Waals surface area (Å²) in [7, 11) is 0. The van der Waals surface area contributed by atoms with E-state index in [1.54, 1.807) is 6.20 Å². The molecular formula is C15H23N3O2. The molecule has 0 atom stereocenters. The number of anilines is 1. The van der Waals surface area contributed by atoms with Gasteiger partial charge in [-0.1, -0.05) is 12.8 Å². The van der Waals surface area contributed by atoms with E-state index in [9.17, 15) is 4.79 Å². The largest absolute Gasteiger partial charge is 0.466 e. The molecule has 1 saturated carbocycles. The molecule has 0 radical (unpaired) electrons. The van der Waals surface area contributed by atoms with Crippen LogP contribution in [0, 0.1) is 19.3 Å². The Hall–Kier alpha value is -1.65. The fourth-order valence-corrected chi connectivity index (χ4v) is 2.65. The average molecular weight is 277 g/mol. The van der Waals surface area contributed by atoms with Crippen molar-refractivity contribution in [2.75, 3.05) is 18.5 Å². The highest BCUT2D eigenvalue weighted by molar-refractivity contribution is 5.78. The normalized spacial score (nSPS) is 16.9. The Bertz CT molecular complexity index is 482. The maximum absolute atomic E-state index is 12.2. The van der Waals surface area contributed by atoms with E-state index in [1.165, 1.54) is 0 Å². The number of ether oxygens (including phenoxy) is 1. The molecule has 0 spiro atoms. The first-order valence-electron chi connectivity index (χ1n) is 7.29. The van der Waals surface area contributed by atoms with Gasteiger partial charge < -0.3 is 10.1 Å². The smallest absolute Gasteiger partial charge is 0.313 e. The van der Waals surface area contributed by atoms with Crippen LogP contribution in [-0.2, 0) is 9.53 Å². The van der Waals surface area contributed by atoms with Crippen molar-refractivity contribution in [1.29, 1.82) is 0 Å². The van der Waals surface area contributed by atoms with Crippen molar-refractivity contribution in [3.63, 3.8) is 0 Å². The average Bonchev–Trinajstić information content (AvgIpc) is 2.91. The number of rotatable bonds is 5. The van der Waals surface area contributed by atoms with Crippen molar-refractivity contribution in [3.05, 3.63) is 17.5 Å². The number of aromatic nitrogens is 2. The molecule has 1 aliphatic rings. The summed E-state index contributed by atoms with van der Waals surface area (Å²) in [5.41, 5.74) is 1.62. The third kappa shape index (κ3) is 3.08. The second-order valence-electron chi connectivity index (χ2n) is 5.52. The molecule has 0 aliphatic heterocycles. The summed E-state index contributed by atoms with van der Waals surface area (Å²) < 4.78 is 5.24. The summed E-state index contributed by atoms with van der Waals surface area (Å²) in [6, 6.07) is 0. The zero-order valence-electron chi connectivity index (χ0n) is 12.5. The van der Waals surface area contributed by atoms with Gasteiger partial charge in [0.25, 0.3) is 0 Å². The van der Waals surface area contributed by atoms with Crippen LogP contribution in [0.1, 0.15) is 43.9 Å². The zero-order chi connectivity index (χ0) is 14.6. The predicted molar refractivity (Wildman–Crippen MR) is 77.5 cm³/mol. The minimum Gasteiger partial charge on any atom is -0.466 e. The van der Waals surface area contributed by atoms with E-state index in [2.05, 4.69) is 15.3 Å². The first kappa shape index (κ1) is 14.8. The van der Waals surface area contributed by atoms with E-state index in [4.69, 9.17) is 4.74 Å². The van der Waals surface area contributed by atoms with E-state index >= 15 is 0 Å². The van der Waals surface area contributed by atoms with Gasteiger partial charge in [0.1, 0.15) is 0 Å². The van der Waals surface area contributed by atoms with Crippen LogP contribution in [0.25, 0.3) is 0 Å². The summed E-state index contributed by atoms with van der Waals surface area (Å²) in [5.74, 6) is 0.498. The quantitative estimate of drug-likeness (QED) is 0.838. The molecule has 1 fully saturated rings. The van der Waals surface area contributed by atoms with E-state index in [0.29, 0.717) is 19.1 Å². The van der Waals surface area contributed by atoms with Crippen LogP contribution in [0.2, 0.25) is 0 Å². The number of esters is 1. The third-order valence-electron chi connectivity index (χ3n) is 4.08. The van der Waals surface area contributed by atoms with Gasteiger partial charge >= 0.3 is 5.97 Å². The molecule has 0 amide bonds. The van der Waals surface area contributed by atoms with E-state index < -0.39 is 5.41 Å². The standard InChI is InChI=1S/C15H23N3O2/c1-4-20-13(19)15(7-5-6-8-15)10-17-14-16-9-11(2)12(3)18-14/h9H,4-8,10H2,1-3H3,(H,16,17,18). The molecule has 5 heteroatoms. The third-order valence-corrected chi connectivity index (χ3v) is 4.08. The van der Waals surface area contributed by atoms with Crippen LogP contribution in [0.15, 0.2) is 6.20 Å². The summed E-state index contributed by atoms with van der Waals surface area (Å²) in [5, 5.41) is 3.21. The summed E-state index contributed by atoms with van der Waals surface area (Å²) in [6.45, 7) is 6.77. The van der Waals surface area contributed by atoms with Gasteiger partial charge in [0.15, 0.2) is 0 Å². The lowest BCUT2D eigenvalue weighted by atomic mass is 9.86. The molecule has 5 nitrogen and oxygen atoms in total. The minimum absolute atomic E-state index is 0.0890. The van der Waals surface area contributed by atoms with Crippen molar-refractivity contribution < 1.29 is 9.53 Å². The lowest BCUT2D eigenvalue weighted by Gasteiger charge is -2.26. The second-order valence-corrected chi connectivity index (χ2v) is 5.52. The number of nitrogens with zero attached hydrogens (tertiary/aromatic N) is 2. The lowest BCUT2D eigenvalue weighted by molar-refractivity contribution is -0.154. The number of carbonyl (C=O) groups excluding carboxylic acids is 1. The molecule has 0 aromatic carbocycles. The topological polar surface area (TPSA) is 64.1 Å². The van der Waals surface area contributed by atoms with E-state index in [-0.39, 0.29) is 5.97 Å². The maximum atomic E-state index is 12.2. The first-order valence-corrected chi connectivity index (χ1v) is 7.29. The Morgan fingerprint density at radius 3 is 2.70 bits per heavy atom. The number of hydrogen-bond acceptors (Lipinski definition) is 5. The van der Waals surface area contributed by atoms with E-state index in [1.807, 2.05) is 20.8 Å². The number of nitrogens with one attached hydrogen (secondary N) is 1. The SMILES string of the molecule is CCOC(=O)C1(CNc2ncc(C)c(C)n2)CCCC1. The van der Waals surface area contributed by atoms with Gasteiger partial charge in [-0.15, -0.1) is 0 Å². The van der Waals surface area contributed by atoms with Crippen molar-refractivity contribution in [3.8, 4) is 0 Å². The summed E-state index contributed by atoms with van der Waals surface area (Å²) in [4.78, 5) is 20.9. The van der Waals surface area contributed by atoms with Crippen LogP contribution < -0.4 is 5.32 Å². The molecule has 2 rings (SSSR count). The highest BCUT2D eigenvalue weighted by atomic mass is 16.5. The molecule has 0 saturated heterocycles. The van der Waals surface area contributed by atoms with Crippen LogP contribution in [0.3, 0.4) is 0 Å². The molecule has 20 heavy (non-hydrogen) atoms. The Morgan fingerprint density at radius 1 is 1.40 bits per heavy atom. The van der Waals surface area contributed by atoms with Gasteiger partial charge in [-0.25, -0.2) is 9.97 Å². The molecule has 0 bridgehead atoms.